The van der Waals surface area contributed by atoms with E-state index in [4.69, 9.17) is 0 Å². The third kappa shape index (κ3) is 5.93. The standard InChI is InChI=1S/2C10H15NO3.Cu/c2*1-4-5(2)8-9(13)7(6(3)12)10(14)11-8;/h2*5,8,13H,4H2,1-3H3,(H,11,14);/q;;+2/p-2/t2*5-,8-;/m00./s1. The molecule has 0 spiro atoms. The maximum Gasteiger partial charge on any atom is 2.00 e. The van der Waals surface area contributed by atoms with Crippen LogP contribution in [0.2, 0.25) is 0 Å². The zero-order chi connectivity index (χ0) is 21.8. The SMILES string of the molecule is CC[C@H](C)[C@@H]1NC(=O)C(C(C)=O)=C1[O-].CC[C@H](C)[C@@H]1NC(=O)C(C(C)=O)=C1[O-].[Cu+2]. The van der Waals surface area contributed by atoms with Gasteiger partial charge < -0.3 is 20.8 Å². The summed E-state index contributed by atoms with van der Waals surface area (Å²) in [4.78, 5) is 44.5. The number of hydrogen-bond acceptors (Lipinski definition) is 6. The Morgan fingerprint density at radius 2 is 1.10 bits per heavy atom. The summed E-state index contributed by atoms with van der Waals surface area (Å²) in [6.07, 6.45) is 1.59. The first-order chi connectivity index (χ1) is 13.0. The van der Waals surface area contributed by atoms with Gasteiger partial charge in [-0.05, 0) is 25.7 Å². The summed E-state index contributed by atoms with van der Waals surface area (Å²) < 4.78 is 0. The maximum absolute atomic E-state index is 11.6. The molecule has 2 aliphatic rings. The van der Waals surface area contributed by atoms with Crippen LogP contribution in [0.25, 0.3) is 0 Å². The molecule has 0 unspecified atom stereocenters. The molecular weight excluding hydrogens is 428 g/mol. The topological polar surface area (TPSA) is 138 Å². The predicted octanol–water partition coefficient (Wildman–Crippen LogP) is -0.534. The Hall–Kier alpha value is -2.12. The van der Waals surface area contributed by atoms with E-state index in [-0.39, 0.29) is 51.6 Å². The number of Topliss-reactive ketones (excluding diaryl/α,β-unsaturated/α-hetero) is 2. The number of ketones is 2. The van der Waals surface area contributed by atoms with Crippen molar-refractivity contribution in [2.24, 2.45) is 11.8 Å². The van der Waals surface area contributed by atoms with Crippen molar-refractivity contribution in [3.63, 3.8) is 0 Å². The molecule has 2 heterocycles. The number of rotatable bonds is 6. The molecule has 0 aromatic rings. The van der Waals surface area contributed by atoms with E-state index < -0.39 is 35.5 Å². The average molecular weight is 456 g/mol. The molecule has 2 amide bonds. The van der Waals surface area contributed by atoms with Crippen LogP contribution in [0, 0.1) is 11.8 Å². The van der Waals surface area contributed by atoms with Crippen LogP contribution in [-0.4, -0.2) is 35.5 Å². The zero-order valence-electron chi connectivity index (χ0n) is 17.5. The Balaban J connectivity index is 0.000000523. The minimum absolute atomic E-state index is 0. The number of carbonyl (C=O) groups excluding carboxylic acids is 4. The van der Waals surface area contributed by atoms with Gasteiger partial charge in [0.25, 0.3) is 11.8 Å². The minimum atomic E-state index is -0.521. The van der Waals surface area contributed by atoms with E-state index in [1.165, 1.54) is 13.8 Å². The van der Waals surface area contributed by atoms with Gasteiger partial charge in [-0.15, -0.1) is 0 Å². The maximum atomic E-state index is 11.6. The van der Waals surface area contributed by atoms with E-state index in [0.29, 0.717) is 0 Å². The van der Waals surface area contributed by atoms with Crippen molar-refractivity contribution in [3.8, 4) is 0 Å². The van der Waals surface area contributed by atoms with E-state index in [1.54, 1.807) is 0 Å². The molecule has 8 nitrogen and oxygen atoms in total. The molecule has 29 heavy (non-hydrogen) atoms. The summed E-state index contributed by atoms with van der Waals surface area (Å²) in [7, 11) is 0. The molecule has 4 atom stereocenters. The first kappa shape index (κ1) is 26.9. The van der Waals surface area contributed by atoms with Gasteiger partial charge in [-0.3, -0.25) is 19.2 Å². The zero-order valence-corrected chi connectivity index (χ0v) is 18.4. The largest absolute Gasteiger partial charge is 2.00 e. The first-order valence-corrected chi connectivity index (χ1v) is 9.43. The Labute approximate surface area is 181 Å². The van der Waals surface area contributed by atoms with Gasteiger partial charge in [0.2, 0.25) is 0 Å². The molecule has 0 saturated heterocycles. The predicted molar refractivity (Wildman–Crippen MR) is 98.2 cm³/mol. The van der Waals surface area contributed by atoms with Crippen LogP contribution in [0.4, 0.5) is 0 Å². The summed E-state index contributed by atoms with van der Waals surface area (Å²) in [6, 6.07) is -1.02. The summed E-state index contributed by atoms with van der Waals surface area (Å²) in [6.45, 7) is 10.1. The summed E-state index contributed by atoms with van der Waals surface area (Å²) >= 11 is 0. The molecule has 1 radical (unpaired) electrons. The van der Waals surface area contributed by atoms with Crippen molar-refractivity contribution >= 4 is 23.4 Å². The van der Waals surface area contributed by atoms with E-state index in [0.717, 1.165) is 12.8 Å². The molecule has 2 aliphatic heterocycles. The van der Waals surface area contributed by atoms with Gasteiger partial charge in [-0.2, -0.15) is 0 Å². The fourth-order valence-corrected chi connectivity index (χ4v) is 3.03. The summed E-state index contributed by atoms with van der Waals surface area (Å²) in [5.74, 6) is -2.49. The Kier molecular flexibility index (Phi) is 10.3. The van der Waals surface area contributed by atoms with E-state index >= 15 is 0 Å². The molecule has 0 bridgehead atoms. The van der Waals surface area contributed by atoms with Gasteiger partial charge in [0.15, 0.2) is 11.6 Å². The molecule has 0 aliphatic carbocycles. The second-order valence-electron chi connectivity index (χ2n) is 7.26. The number of amides is 2. The molecule has 2 N–H and O–H groups in total. The van der Waals surface area contributed by atoms with Crippen molar-refractivity contribution in [3.05, 3.63) is 22.7 Å². The second kappa shape index (κ2) is 11.2. The van der Waals surface area contributed by atoms with Crippen LogP contribution in [0.15, 0.2) is 22.7 Å². The average Bonchev–Trinajstić information content (AvgIpc) is 3.09. The normalized spacial score (nSPS) is 22.8. The van der Waals surface area contributed by atoms with E-state index in [2.05, 4.69) is 10.6 Å². The Bertz CT molecular complexity index is 681. The molecule has 0 saturated carbocycles. The fourth-order valence-electron chi connectivity index (χ4n) is 3.03. The molecule has 0 aromatic carbocycles. The van der Waals surface area contributed by atoms with Gasteiger partial charge in [-0.25, -0.2) is 0 Å². The van der Waals surface area contributed by atoms with Crippen molar-refractivity contribution in [2.75, 3.05) is 0 Å². The Morgan fingerprint density at radius 1 is 0.828 bits per heavy atom. The summed E-state index contributed by atoms with van der Waals surface area (Å²) in [5.41, 5.74) is -0.398. The van der Waals surface area contributed by atoms with Crippen molar-refractivity contribution in [1.82, 2.24) is 10.6 Å². The van der Waals surface area contributed by atoms with E-state index in [9.17, 15) is 29.4 Å². The summed E-state index contributed by atoms with van der Waals surface area (Å²) in [5, 5.41) is 28.3. The van der Waals surface area contributed by atoms with Crippen LogP contribution in [0.5, 0.6) is 0 Å². The van der Waals surface area contributed by atoms with Gasteiger partial charge in [0, 0.05) is 12.1 Å². The van der Waals surface area contributed by atoms with Crippen LogP contribution in [-0.2, 0) is 36.2 Å². The Morgan fingerprint density at radius 3 is 1.28 bits per heavy atom. The molecule has 0 aromatic heterocycles. The van der Waals surface area contributed by atoms with Crippen LogP contribution < -0.4 is 20.8 Å². The van der Waals surface area contributed by atoms with Crippen LogP contribution in [0.3, 0.4) is 0 Å². The van der Waals surface area contributed by atoms with Gasteiger partial charge in [0.1, 0.15) is 0 Å². The van der Waals surface area contributed by atoms with Crippen molar-refractivity contribution < 1.29 is 46.5 Å². The first-order valence-electron chi connectivity index (χ1n) is 9.43. The monoisotopic (exact) mass is 455 g/mol. The van der Waals surface area contributed by atoms with Gasteiger partial charge in [-0.1, -0.05) is 52.1 Å². The molecule has 0 fully saturated rings. The third-order valence-electron chi connectivity index (χ3n) is 5.22. The van der Waals surface area contributed by atoms with Crippen LogP contribution >= 0.6 is 0 Å². The molecule has 2 rings (SSSR count). The van der Waals surface area contributed by atoms with Crippen LogP contribution in [0.1, 0.15) is 54.4 Å². The van der Waals surface area contributed by atoms with Crippen molar-refractivity contribution in [1.29, 1.82) is 0 Å². The van der Waals surface area contributed by atoms with Crippen molar-refractivity contribution in [2.45, 2.75) is 66.5 Å². The minimum Gasteiger partial charge on any atom is -0.873 e. The second-order valence-corrected chi connectivity index (χ2v) is 7.26. The number of nitrogens with one attached hydrogen (secondary N) is 2. The number of hydrogen-bond donors (Lipinski definition) is 2. The smallest absolute Gasteiger partial charge is 0.873 e. The number of carbonyl (C=O) groups is 4. The third-order valence-corrected chi connectivity index (χ3v) is 5.22. The van der Waals surface area contributed by atoms with E-state index in [1.807, 2.05) is 27.7 Å². The molecule has 165 valence electrons. The molecule has 9 heteroatoms. The van der Waals surface area contributed by atoms with Gasteiger partial charge >= 0.3 is 17.1 Å². The molecular formula is C20H28CuN2O6. The fraction of sp³-hybridized carbons (Fsp3) is 0.600. The quantitative estimate of drug-likeness (QED) is 0.407. The van der Waals surface area contributed by atoms with Gasteiger partial charge in [0.05, 0.1) is 11.1 Å².